The molecular weight excluding hydrogens is 609 g/mol. The van der Waals surface area contributed by atoms with Crippen LogP contribution in [0.3, 0.4) is 0 Å². The highest BCUT2D eigenvalue weighted by Gasteiger charge is 2.33. The average molecular weight is 641 g/mol. The van der Waals surface area contributed by atoms with E-state index in [4.69, 9.17) is 39.5 Å². The number of nitrogens with zero attached hydrogens (tertiary/aromatic N) is 2. The number of carbonyl (C=O) groups excluding carboxylic acids is 2. The molecule has 1 N–H and O–H groups in total. The van der Waals surface area contributed by atoms with Crippen molar-refractivity contribution in [3.8, 4) is 5.75 Å². The number of sulfonamides is 1. The monoisotopic (exact) mass is 639 g/mol. The largest absolute Gasteiger partial charge is 0.497 e. The van der Waals surface area contributed by atoms with Gasteiger partial charge in [0.05, 0.1) is 27.7 Å². The molecule has 0 saturated heterocycles. The fourth-order valence-electron chi connectivity index (χ4n) is 3.89. The lowest BCUT2D eigenvalue weighted by Crippen LogP contribution is -2.52. The molecule has 3 aromatic carbocycles. The molecule has 12 heteroatoms. The maximum Gasteiger partial charge on any atom is 0.264 e. The topological polar surface area (TPSA) is 96.0 Å². The molecule has 41 heavy (non-hydrogen) atoms. The molecule has 0 radical (unpaired) electrons. The molecular formula is C29H32Cl3N3O5S. The summed E-state index contributed by atoms with van der Waals surface area (Å²) in [6.07, 6.45) is 0.698. The third kappa shape index (κ3) is 8.29. The van der Waals surface area contributed by atoms with Gasteiger partial charge in [-0.15, -0.1) is 0 Å². The smallest absolute Gasteiger partial charge is 0.264 e. The van der Waals surface area contributed by atoms with E-state index >= 15 is 0 Å². The van der Waals surface area contributed by atoms with Gasteiger partial charge < -0.3 is 15.0 Å². The Kier molecular flexibility index (Phi) is 11.3. The Morgan fingerprint density at radius 2 is 1.56 bits per heavy atom. The minimum Gasteiger partial charge on any atom is -0.497 e. The lowest BCUT2D eigenvalue weighted by atomic mass is 10.1. The van der Waals surface area contributed by atoms with Crippen molar-refractivity contribution >= 4 is 62.3 Å². The number of nitrogens with one attached hydrogen (secondary N) is 1. The summed E-state index contributed by atoms with van der Waals surface area (Å²) in [5.41, 5.74) is 0.844. The second kappa shape index (κ2) is 14.3. The normalized spacial score (nSPS) is 12.8. The number of benzene rings is 3. The standard InChI is InChI=1S/C29H32Cl3N3O5S/c1-5-19(2)33-29(37)20(3)34(17-21-6-15-26(31)27(32)16-21)28(36)18-35(23-9-7-22(30)8-10-23)41(38,39)25-13-11-24(40-4)12-14-25/h6-16,19-20H,5,17-18H2,1-4H3,(H,33,37)/t19-,20+/m1/s1. The van der Waals surface area contributed by atoms with Crippen molar-refractivity contribution in [2.75, 3.05) is 18.0 Å². The zero-order valence-electron chi connectivity index (χ0n) is 23.1. The van der Waals surface area contributed by atoms with Gasteiger partial charge in [-0.25, -0.2) is 8.42 Å². The van der Waals surface area contributed by atoms with E-state index in [0.717, 1.165) is 4.31 Å². The van der Waals surface area contributed by atoms with Gasteiger partial charge in [0, 0.05) is 17.6 Å². The van der Waals surface area contributed by atoms with Gasteiger partial charge in [0.2, 0.25) is 11.8 Å². The SMILES string of the molecule is CC[C@@H](C)NC(=O)[C@H](C)N(Cc1ccc(Cl)c(Cl)c1)C(=O)CN(c1ccc(Cl)cc1)S(=O)(=O)c1ccc(OC)cc1. The van der Waals surface area contributed by atoms with Gasteiger partial charge in [-0.05, 0) is 86.5 Å². The summed E-state index contributed by atoms with van der Waals surface area (Å²) in [7, 11) is -2.75. The molecule has 0 aromatic heterocycles. The van der Waals surface area contributed by atoms with E-state index < -0.39 is 28.5 Å². The van der Waals surface area contributed by atoms with Gasteiger partial charge in [0.1, 0.15) is 18.3 Å². The molecule has 3 rings (SSSR count). The highest BCUT2D eigenvalue weighted by Crippen LogP contribution is 2.28. The quantitative estimate of drug-likeness (QED) is 0.255. The van der Waals surface area contributed by atoms with Crippen LogP contribution in [-0.4, -0.2) is 50.9 Å². The summed E-state index contributed by atoms with van der Waals surface area (Å²) < 4.78 is 33.9. The highest BCUT2D eigenvalue weighted by atomic mass is 35.5. The van der Waals surface area contributed by atoms with Crippen molar-refractivity contribution in [2.24, 2.45) is 0 Å². The summed E-state index contributed by atoms with van der Waals surface area (Å²) in [5, 5.41) is 3.92. The number of ether oxygens (including phenoxy) is 1. The Hall–Kier alpha value is -2.98. The Labute approximate surface area is 256 Å². The molecule has 0 aliphatic heterocycles. The van der Waals surface area contributed by atoms with E-state index in [1.54, 1.807) is 25.1 Å². The number of carbonyl (C=O) groups is 2. The number of amides is 2. The number of hydrogen-bond acceptors (Lipinski definition) is 5. The summed E-state index contributed by atoms with van der Waals surface area (Å²) in [6.45, 7) is 4.79. The predicted octanol–water partition coefficient (Wildman–Crippen LogP) is 6.18. The molecule has 0 saturated carbocycles. The first kappa shape index (κ1) is 32.5. The van der Waals surface area contributed by atoms with Gasteiger partial charge in [0.25, 0.3) is 10.0 Å². The van der Waals surface area contributed by atoms with E-state index in [1.807, 2.05) is 13.8 Å². The number of rotatable bonds is 12. The molecule has 0 spiro atoms. The average Bonchev–Trinajstić information content (AvgIpc) is 2.96. The van der Waals surface area contributed by atoms with Gasteiger partial charge in [-0.1, -0.05) is 47.8 Å². The second-order valence-electron chi connectivity index (χ2n) is 9.43. The fourth-order valence-corrected chi connectivity index (χ4v) is 5.75. The number of methoxy groups -OCH3 is 1. The van der Waals surface area contributed by atoms with Crippen molar-refractivity contribution < 1.29 is 22.7 Å². The molecule has 2 amide bonds. The Balaban J connectivity index is 2.03. The number of hydrogen-bond donors (Lipinski definition) is 1. The molecule has 0 aliphatic rings. The maximum absolute atomic E-state index is 14.0. The lowest BCUT2D eigenvalue weighted by molar-refractivity contribution is -0.139. The molecule has 0 unspecified atom stereocenters. The van der Waals surface area contributed by atoms with Gasteiger partial charge in [-0.3, -0.25) is 13.9 Å². The minimum absolute atomic E-state index is 0.0120. The van der Waals surface area contributed by atoms with Crippen LogP contribution in [0.25, 0.3) is 0 Å². The van der Waals surface area contributed by atoms with Crippen LogP contribution in [-0.2, 0) is 26.2 Å². The summed E-state index contributed by atoms with van der Waals surface area (Å²) in [6, 6.07) is 15.8. The Morgan fingerprint density at radius 1 is 0.927 bits per heavy atom. The predicted molar refractivity (Wildman–Crippen MR) is 163 cm³/mol. The van der Waals surface area contributed by atoms with Crippen LogP contribution in [0.15, 0.2) is 71.6 Å². The summed E-state index contributed by atoms with van der Waals surface area (Å²) >= 11 is 18.3. The van der Waals surface area contributed by atoms with Crippen molar-refractivity contribution in [3.63, 3.8) is 0 Å². The van der Waals surface area contributed by atoms with Gasteiger partial charge in [-0.2, -0.15) is 0 Å². The molecule has 0 bridgehead atoms. The van der Waals surface area contributed by atoms with Crippen LogP contribution in [0.5, 0.6) is 5.75 Å². The zero-order chi connectivity index (χ0) is 30.3. The van der Waals surface area contributed by atoms with Crippen LogP contribution in [0.1, 0.15) is 32.8 Å². The van der Waals surface area contributed by atoms with E-state index in [-0.39, 0.29) is 34.1 Å². The molecule has 2 atom stereocenters. The third-order valence-corrected chi connectivity index (χ3v) is 9.33. The van der Waals surface area contributed by atoms with E-state index in [9.17, 15) is 18.0 Å². The van der Waals surface area contributed by atoms with Crippen LogP contribution in [0, 0.1) is 0 Å². The molecule has 0 fully saturated rings. The first-order valence-corrected chi connectivity index (χ1v) is 15.4. The molecule has 0 heterocycles. The van der Waals surface area contributed by atoms with E-state index in [1.165, 1.54) is 60.5 Å². The minimum atomic E-state index is -4.23. The number of anilines is 1. The molecule has 220 valence electrons. The van der Waals surface area contributed by atoms with Crippen LogP contribution < -0.4 is 14.4 Å². The molecule has 0 aliphatic carbocycles. The Morgan fingerprint density at radius 3 is 2.12 bits per heavy atom. The first-order valence-electron chi connectivity index (χ1n) is 12.8. The first-order chi connectivity index (χ1) is 19.4. The molecule has 3 aromatic rings. The van der Waals surface area contributed by atoms with Crippen molar-refractivity contribution in [2.45, 2.75) is 50.7 Å². The summed E-state index contributed by atoms with van der Waals surface area (Å²) in [4.78, 5) is 28.4. The van der Waals surface area contributed by atoms with Crippen LogP contribution in [0.4, 0.5) is 5.69 Å². The fraction of sp³-hybridized carbons (Fsp3) is 0.310. The maximum atomic E-state index is 14.0. The highest BCUT2D eigenvalue weighted by molar-refractivity contribution is 7.92. The van der Waals surface area contributed by atoms with Crippen molar-refractivity contribution in [1.29, 1.82) is 0 Å². The van der Waals surface area contributed by atoms with E-state index in [2.05, 4.69) is 5.32 Å². The zero-order valence-corrected chi connectivity index (χ0v) is 26.2. The van der Waals surface area contributed by atoms with Crippen LogP contribution >= 0.6 is 34.8 Å². The van der Waals surface area contributed by atoms with Crippen LogP contribution in [0.2, 0.25) is 15.1 Å². The second-order valence-corrected chi connectivity index (χ2v) is 12.5. The molecule has 8 nitrogen and oxygen atoms in total. The third-order valence-electron chi connectivity index (χ3n) is 6.55. The number of halogens is 3. The van der Waals surface area contributed by atoms with Crippen molar-refractivity contribution in [1.82, 2.24) is 10.2 Å². The Bertz CT molecular complexity index is 1470. The summed E-state index contributed by atoms with van der Waals surface area (Å²) in [5.74, 6) is -0.495. The van der Waals surface area contributed by atoms with E-state index in [0.29, 0.717) is 27.8 Å². The van der Waals surface area contributed by atoms with Crippen molar-refractivity contribution in [3.05, 3.63) is 87.4 Å². The van der Waals surface area contributed by atoms with Gasteiger partial charge in [0.15, 0.2) is 0 Å². The lowest BCUT2D eigenvalue weighted by Gasteiger charge is -2.32. The van der Waals surface area contributed by atoms with Gasteiger partial charge >= 0.3 is 0 Å².